The van der Waals surface area contributed by atoms with E-state index >= 15 is 0 Å². The molecule has 4 rings (SSSR count). The molecule has 2 atom stereocenters. The molecule has 0 aromatic heterocycles. The summed E-state index contributed by atoms with van der Waals surface area (Å²) in [6.45, 7) is 2.45. The molecule has 1 aliphatic heterocycles. The van der Waals surface area contributed by atoms with Gasteiger partial charge in [-0.05, 0) is 55.0 Å². The first-order chi connectivity index (χ1) is 13.7. The minimum absolute atomic E-state index is 0.212. The largest absolute Gasteiger partial charge is 0.497 e. The van der Waals surface area contributed by atoms with Gasteiger partial charge in [0.25, 0.3) is 0 Å². The summed E-state index contributed by atoms with van der Waals surface area (Å²) in [6, 6.07) is 19.0. The van der Waals surface area contributed by atoms with Gasteiger partial charge in [0.2, 0.25) is 5.91 Å². The lowest BCUT2D eigenvalue weighted by atomic mass is 9.90. The van der Waals surface area contributed by atoms with Gasteiger partial charge in [0.15, 0.2) is 0 Å². The molecule has 28 heavy (non-hydrogen) atoms. The van der Waals surface area contributed by atoms with E-state index in [0.717, 1.165) is 25.4 Å². The Bertz CT molecular complexity index is 803. The Morgan fingerprint density at radius 1 is 1.11 bits per heavy atom. The van der Waals surface area contributed by atoms with Crippen LogP contribution in [0.15, 0.2) is 54.6 Å². The van der Waals surface area contributed by atoms with E-state index in [4.69, 9.17) is 4.74 Å². The maximum Gasteiger partial charge on any atom is 0.223 e. The minimum Gasteiger partial charge on any atom is -0.497 e. The summed E-state index contributed by atoms with van der Waals surface area (Å²) in [4.78, 5) is 17.6. The van der Waals surface area contributed by atoms with Gasteiger partial charge in [0, 0.05) is 26.1 Å². The Morgan fingerprint density at radius 3 is 2.61 bits per heavy atom. The van der Waals surface area contributed by atoms with Crippen molar-refractivity contribution in [1.82, 2.24) is 9.80 Å². The number of benzene rings is 2. The molecule has 2 aliphatic rings. The Labute approximate surface area is 168 Å². The van der Waals surface area contributed by atoms with Crippen LogP contribution in [-0.2, 0) is 4.79 Å². The van der Waals surface area contributed by atoms with Gasteiger partial charge in [-0.3, -0.25) is 9.69 Å². The van der Waals surface area contributed by atoms with Crippen molar-refractivity contribution in [1.29, 1.82) is 0 Å². The second kappa shape index (κ2) is 8.36. The number of piperazine rings is 1. The maximum atomic E-state index is 13.2. The number of nitrogens with zero attached hydrogens (tertiary/aromatic N) is 2. The zero-order valence-electron chi connectivity index (χ0n) is 16.9. The molecule has 1 aliphatic carbocycles. The smallest absolute Gasteiger partial charge is 0.223 e. The van der Waals surface area contributed by atoms with Crippen LogP contribution in [0.4, 0.5) is 0 Å². The SMILES string of the molecule is COc1cccc(C2CN(C(=O)CC(c3ccccc3)C3CC3)CCN2C)c1. The first-order valence-corrected chi connectivity index (χ1v) is 10.3. The van der Waals surface area contributed by atoms with E-state index in [1.807, 2.05) is 12.1 Å². The molecule has 4 heteroatoms. The van der Waals surface area contributed by atoms with Gasteiger partial charge in [0.05, 0.1) is 13.2 Å². The van der Waals surface area contributed by atoms with E-state index in [9.17, 15) is 4.79 Å². The first-order valence-electron chi connectivity index (χ1n) is 10.3. The van der Waals surface area contributed by atoms with Gasteiger partial charge in [-0.1, -0.05) is 42.5 Å². The summed E-state index contributed by atoms with van der Waals surface area (Å²) >= 11 is 0. The summed E-state index contributed by atoms with van der Waals surface area (Å²) in [5, 5.41) is 0. The van der Waals surface area contributed by atoms with Gasteiger partial charge in [-0.15, -0.1) is 0 Å². The van der Waals surface area contributed by atoms with E-state index < -0.39 is 0 Å². The van der Waals surface area contributed by atoms with Crippen LogP contribution in [0.5, 0.6) is 5.75 Å². The van der Waals surface area contributed by atoms with Crippen molar-refractivity contribution in [2.45, 2.75) is 31.2 Å². The molecule has 0 spiro atoms. The molecule has 1 saturated carbocycles. The highest BCUT2D eigenvalue weighted by atomic mass is 16.5. The molecule has 2 aromatic rings. The fourth-order valence-corrected chi connectivity index (χ4v) is 4.38. The Morgan fingerprint density at radius 2 is 1.89 bits per heavy atom. The van der Waals surface area contributed by atoms with Crippen LogP contribution < -0.4 is 4.74 Å². The number of carbonyl (C=O) groups excluding carboxylic acids is 1. The van der Waals surface area contributed by atoms with Crippen molar-refractivity contribution in [2.75, 3.05) is 33.8 Å². The summed E-state index contributed by atoms with van der Waals surface area (Å²) < 4.78 is 5.39. The number of likely N-dealkylation sites (N-methyl/N-ethyl adjacent to an activating group) is 1. The highest BCUT2D eigenvalue weighted by Crippen LogP contribution is 2.44. The monoisotopic (exact) mass is 378 g/mol. The second-order valence-corrected chi connectivity index (χ2v) is 8.17. The molecule has 4 nitrogen and oxygen atoms in total. The molecular formula is C24H30N2O2. The van der Waals surface area contributed by atoms with E-state index in [2.05, 4.69) is 59.3 Å². The van der Waals surface area contributed by atoms with Crippen LogP contribution in [-0.4, -0.2) is 49.5 Å². The van der Waals surface area contributed by atoms with E-state index in [1.54, 1.807) is 7.11 Å². The molecule has 0 radical (unpaired) electrons. The third-order valence-corrected chi connectivity index (χ3v) is 6.29. The zero-order valence-corrected chi connectivity index (χ0v) is 16.9. The van der Waals surface area contributed by atoms with Crippen LogP contribution in [0.25, 0.3) is 0 Å². The Hall–Kier alpha value is -2.33. The highest BCUT2D eigenvalue weighted by molar-refractivity contribution is 5.77. The van der Waals surface area contributed by atoms with Gasteiger partial charge in [0.1, 0.15) is 5.75 Å². The number of amides is 1. The van der Waals surface area contributed by atoms with Gasteiger partial charge >= 0.3 is 0 Å². The zero-order chi connectivity index (χ0) is 19.5. The molecule has 0 N–H and O–H groups in total. The second-order valence-electron chi connectivity index (χ2n) is 8.17. The van der Waals surface area contributed by atoms with Crippen molar-refractivity contribution >= 4 is 5.91 Å². The van der Waals surface area contributed by atoms with Gasteiger partial charge in [-0.2, -0.15) is 0 Å². The number of hydrogen-bond acceptors (Lipinski definition) is 3. The van der Waals surface area contributed by atoms with Crippen LogP contribution in [0.3, 0.4) is 0 Å². The highest BCUT2D eigenvalue weighted by Gasteiger charge is 2.36. The number of ether oxygens (including phenoxy) is 1. The first kappa shape index (κ1) is 19.0. The van der Waals surface area contributed by atoms with Crippen LogP contribution >= 0.6 is 0 Å². The average Bonchev–Trinajstić information content (AvgIpc) is 3.58. The van der Waals surface area contributed by atoms with Crippen molar-refractivity contribution in [3.63, 3.8) is 0 Å². The predicted octanol–water partition coefficient (Wildman–Crippen LogP) is 4.09. The fraction of sp³-hybridized carbons (Fsp3) is 0.458. The third-order valence-electron chi connectivity index (χ3n) is 6.29. The number of rotatable bonds is 6. The molecule has 0 bridgehead atoms. The van der Waals surface area contributed by atoms with Crippen molar-refractivity contribution in [2.24, 2.45) is 5.92 Å². The summed E-state index contributed by atoms with van der Waals surface area (Å²) in [7, 11) is 3.84. The topological polar surface area (TPSA) is 32.8 Å². The van der Waals surface area contributed by atoms with E-state index in [1.165, 1.54) is 24.0 Å². The Kier molecular flexibility index (Phi) is 5.67. The lowest BCUT2D eigenvalue weighted by molar-refractivity contribution is -0.134. The number of methoxy groups -OCH3 is 1. The normalized spacial score (nSPS) is 21.4. The third kappa shape index (κ3) is 4.22. The molecule has 2 unspecified atom stereocenters. The summed E-state index contributed by atoms with van der Waals surface area (Å²) in [5.41, 5.74) is 2.53. The molecule has 1 heterocycles. The van der Waals surface area contributed by atoms with Crippen molar-refractivity contribution in [3.05, 3.63) is 65.7 Å². The number of carbonyl (C=O) groups is 1. The lowest BCUT2D eigenvalue weighted by Crippen LogP contribution is -2.49. The summed E-state index contributed by atoms with van der Waals surface area (Å²) in [5.74, 6) is 2.20. The quantitative estimate of drug-likeness (QED) is 0.759. The summed E-state index contributed by atoms with van der Waals surface area (Å²) in [6.07, 6.45) is 3.13. The van der Waals surface area contributed by atoms with Crippen LogP contribution in [0.1, 0.15) is 42.3 Å². The maximum absolute atomic E-state index is 13.2. The average molecular weight is 379 g/mol. The van der Waals surface area contributed by atoms with E-state index in [-0.39, 0.29) is 6.04 Å². The van der Waals surface area contributed by atoms with Crippen molar-refractivity contribution < 1.29 is 9.53 Å². The Balaban J connectivity index is 1.46. The molecule has 1 amide bonds. The van der Waals surface area contributed by atoms with Crippen LogP contribution in [0.2, 0.25) is 0 Å². The molecule has 1 saturated heterocycles. The fourth-order valence-electron chi connectivity index (χ4n) is 4.38. The van der Waals surface area contributed by atoms with Crippen LogP contribution in [0, 0.1) is 5.92 Å². The predicted molar refractivity (Wildman–Crippen MR) is 111 cm³/mol. The molecular weight excluding hydrogens is 348 g/mol. The molecule has 2 aromatic carbocycles. The van der Waals surface area contributed by atoms with Crippen molar-refractivity contribution in [3.8, 4) is 5.75 Å². The molecule has 2 fully saturated rings. The lowest BCUT2D eigenvalue weighted by Gasteiger charge is -2.40. The van der Waals surface area contributed by atoms with E-state index in [0.29, 0.717) is 24.2 Å². The van der Waals surface area contributed by atoms with Gasteiger partial charge in [-0.25, -0.2) is 0 Å². The number of hydrogen-bond donors (Lipinski definition) is 0. The standard InChI is InChI=1S/C24H30N2O2/c1-25-13-14-26(17-23(25)20-9-6-10-21(15-20)28-2)24(27)16-22(19-11-12-19)18-7-4-3-5-8-18/h3-10,15,19,22-23H,11-14,16-17H2,1-2H3. The van der Waals surface area contributed by atoms with Gasteiger partial charge < -0.3 is 9.64 Å². The minimum atomic E-state index is 0.212. The molecule has 148 valence electrons.